The van der Waals surface area contributed by atoms with Crippen molar-refractivity contribution < 1.29 is 42.7 Å². The van der Waals surface area contributed by atoms with E-state index in [1.165, 1.54) is 35.5 Å². The Balaban J connectivity index is 1.98. The zero-order chi connectivity index (χ0) is 23.7. The van der Waals surface area contributed by atoms with Crippen LogP contribution in [0.3, 0.4) is 0 Å². The maximum absolute atomic E-state index is 13.1. The fourth-order valence-corrected chi connectivity index (χ4v) is 4.74. The quantitative estimate of drug-likeness (QED) is 0.605. The van der Waals surface area contributed by atoms with Gasteiger partial charge in [-0.1, -0.05) is 0 Å². The smallest absolute Gasteiger partial charge is 0.310 e. The van der Waals surface area contributed by atoms with E-state index in [2.05, 4.69) is 0 Å². The first-order valence-corrected chi connectivity index (χ1v) is 10.3. The Bertz CT molecular complexity index is 1050. The summed E-state index contributed by atoms with van der Waals surface area (Å²) >= 11 is 0. The first-order valence-electron chi connectivity index (χ1n) is 10.3. The second kappa shape index (κ2) is 9.09. The molecule has 0 N–H and O–H groups in total. The molecule has 2 aromatic rings. The lowest BCUT2D eigenvalue weighted by atomic mass is 9.66. The molecule has 9 heteroatoms. The van der Waals surface area contributed by atoms with Gasteiger partial charge in [-0.3, -0.25) is 9.59 Å². The predicted molar refractivity (Wildman–Crippen MR) is 115 cm³/mol. The molecule has 33 heavy (non-hydrogen) atoms. The number of hydrogen-bond donors (Lipinski definition) is 0. The standard InChI is InChI=1S/C24H26O9/c1-27-18-8-13(9-19(28-2)22(18)29-3)20-14-10-17-16(32-11-33-17)7-12(14)6-15(23(25)30-4)21(20)24(26)31-5/h7-10,15,20-21H,6,11H2,1-5H3/t15-,20-,21+/m1/s1. The molecule has 176 valence electrons. The van der Waals surface area contributed by atoms with Gasteiger partial charge in [0.15, 0.2) is 23.0 Å². The third kappa shape index (κ3) is 3.77. The van der Waals surface area contributed by atoms with Gasteiger partial charge in [-0.2, -0.15) is 0 Å². The Morgan fingerprint density at radius 2 is 1.42 bits per heavy atom. The van der Waals surface area contributed by atoms with E-state index in [4.69, 9.17) is 33.2 Å². The van der Waals surface area contributed by atoms with Crippen molar-refractivity contribution in [3.8, 4) is 28.7 Å². The van der Waals surface area contributed by atoms with Crippen molar-refractivity contribution in [3.63, 3.8) is 0 Å². The fraction of sp³-hybridized carbons (Fsp3) is 0.417. The van der Waals surface area contributed by atoms with Gasteiger partial charge in [0, 0.05) is 5.92 Å². The molecule has 1 heterocycles. The van der Waals surface area contributed by atoms with E-state index in [0.29, 0.717) is 40.7 Å². The normalized spacial score (nSPS) is 20.5. The average molecular weight is 458 g/mol. The number of rotatable bonds is 6. The van der Waals surface area contributed by atoms with Gasteiger partial charge in [-0.15, -0.1) is 0 Å². The van der Waals surface area contributed by atoms with Crippen LogP contribution in [0.25, 0.3) is 0 Å². The van der Waals surface area contributed by atoms with Crippen LogP contribution < -0.4 is 23.7 Å². The van der Waals surface area contributed by atoms with Crippen molar-refractivity contribution in [2.75, 3.05) is 42.3 Å². The molecule has 0 amide bonds. The van der Waals surface area contributed by atoms with Crippen molar-refractivity contribution in [1.82, 2.24) is 0 Å². The summed E-state index contributed by atoms with van der Waals surface area (Å²) < 4.78 is 37.9. The zero-order valence-electron chi connectivity index (χ0n) is 19.1. The SMILES string of the molecule is COC(=O)[C@@H]1[C@H](c2cc(OC)c(OC)c(OC)c2)c2cc3c(cc2C[C@H]1C(=O)OC)OCO3. The van der Waals surface area contributed by atoms with Crippen LogP contribution in [0.4, 0.5) is 0 Å². The van der Waals surface area contributed by atoms with Crippen LogP contribution >= 0.6 is 0 Å². The molecule has 0 radical (unpaired) electrons. The maximum atomic E-state index is 13.1. The monoisotopic (exact) mass is 458 g/mol. The Hall–Kier alpha value is -3.62. The maximum Gasteiger partial charge on any atom is 0.310 e. The molecule has 0 saturated heterocycles. The van der Waals surface area contributed by atoms with Gasteiger partial charge in [0.2, 0.25) is 12.5 Å². The van der Waals surface area contributed by atoms with Gasteiger partial charge in [-0.25, -0.2) is 0 Å². The van der Waals surface area contributed by atoms with Crippen molar-refractivity contribution >= 4 is 11.9 Å². The van der Waals surface area contributed by atoms with Gasteiger partial charge in [0.25, 0.3) is 0 Å². The summed E-state index contributed by atoms with van der Waals surface area (Å²) in [5.74, 6) is -0.756. The van der Waals surface area contributed by atoms with E-state index >= 15 is 0 Å². The molecule has 0 unspecified atom stereocenters. The molecule has 0 fully saturated rings. The average Bonchev–Trinajstić information content (AvgIpc) is 3.31. The van der Waals surface area contributed by atoms with Crippen LogP contribution in [0.2, 0.25) is 0 Å². The molecule has 1 aliphatic carbocycles. The summed E-state index contributed by atoms with van der Waals surface area (Å²) in [6.45, 7) is 0.105. The van der Waals surface area contributed by atoms with Crippen LogP contribution in [-0.2, 0) is 25.5 Å². The second-order valence-electron chi connectivity index (χ2n) is 7.72. The second-order valence-corrected chi connectivity index (χ2v) is 7.72. The van der Waals surface area contributed by atoms with Crippen molar-refractivity contribution in [2.24, 2.45) is 11.8 Å². The summed E-state index contributed by atoms with van der Waals surface area (Å²) in [7, 11) is 7.16. The molecule has 2 aliphatic rings. The van der Waals surface area contributed by atoms with E-state index < -0.39 is 29.7 Å². The number of carbonyl (C=O) groups is 2. The predicted octanol–water partition coefficient (Wildman–Crippen LogP) is 2.71. The Morgan fingerprint density at radius 1 is 0.818 bits per heavy atom. The third-order valence-corrected chi connectivity index (χ3v) is 6.23. The van der Waals surface area contributed by atoms with Gasteiger partial charge in [-0.05, 0) is 47.4 Å². The van der Waals surface area contributed by atoms with Crippen LogP contribution in [0.5, 0.6) is 28.7 Å². The molecule has 0 spiro atoms. The summed E-state index contributed by atoms with van der Waals surface area (Å²) in [5.41, 5.74) is 2.37. The van der Waals surface area contributed by atoms with Crippen LogP contribution in [0.15, 0.2) is 24.3 Å². The minimum Gasteiger partial charge on any atom is -0.493 e. The van der Waals surface area contributed by atoms with Crippen molar-refractivity contribution in [1.29, 1.82) is 0 Å². The highest BCUT2D eigenvalue weighted by molar-refractivity contribution is 5.85. The molecule has 0 saturated carbocycles. The Labute approximate surface area is 191 Å². The van der Waals surface area contributed by atoms with Gasteiger partial charge >= 0.3 is 11.9 Å². The lowest BCUT2D eigenvalue weighted by molar-refractivity contribution is -0.158. The highest BCUT2D eigenvalue weighted by Gasteiger charge is 2.47. The molecule has 1 aliphatic heterocycles. The molecule has 2 aromatic carbocycles. The van der Waals surface area contributed by atoms with Crippen molar-refractivity contribution in [3.05, 3.63) is 41.0 Å². The van der Waals surface area contributed by atoms with Gasteiger partial charge in [0.1, 0.15) is 0 Å². The molecular formula is C24H26O9. The largest absolute Gasteiger partial charge is 0.493 e. The molecule has 9 nitrogen and oxygen atoms in total. The molecule has 3 atom stereocenters. The topological polar surface area (TPSA) is 98.8 Å². The summed E-state index contributed by atoms with van der Waals surface area (Å²) in [6, 6.07) is 7.26. The number of carbonyl (C=O) groups excluding carboxylic acids is 2. The molecule has 4 rings (SSSR count). The number of hydrogen-bond acceptors (Lipinski definition) is 9. The summed E-state index contributed by atoms with van der Waals surface area (Å²) in [5, 5.41) is 0. The minimum absolute atomic E-state index is 0.105. The zero-order valence-corrected chi connectivity index (χ0v) is 19.1. The van der Waals surface area contributed by atoms with Crippen LogP contribution in [0, 0.1) is 11.8 Å². The number of methoxy groups -OCH3 is 5. The van der Waals surface area contributed by atoms with E-state index in [0.717, 1.165) is 11.1 Å². The van der Waals surface area contributed by atoms with Crippen molar-refractivity contribution in [2.45, 2.75) is 12.3 Å². The minimum atomic E-state index is -0.849. The van der Waals surface area contributed by atoms with E-state index in [9.17, 15) is 9.59 Å². The number of benzene rings is 2. The fourth-order valence-electron chi connectivity index (χ4n) is 4.74. The highest BCUT2D eigenvalue weighted by Crippen LogP contribution is 2.51. The van der Waals surface area contributed by atoms with Gasteiger partial charge < -0.3 is 33.2 Å². The first-order chi connectivity index (χ1) is 16.0. The lowest BCUT2D eigenvalue weighted by Gasteiger charge is -2.37. The number of fused-ring (bicyclic) bond motifs is 2. The highest BCUT2D eigenvalue weighted by atomic mass is 16.7. The summed E-state index contributed by atoms with van der Waals surface area (Å²) in [4.78, 5) is 25.9. The number of ether oxygens (including phenoxy) is 7. The van der Waals surface area contributed by atoms with Crippen LogP contribution in [0.1, 0.15) is 22.6 Å². The van der Waals surface area contributed by atoms with E-state index in [1.54, 1.807) is 12.1 Å². The molecular weight excluding hydrogens is 432 g/mol. The first kappa shape index (κ1) is 22.6. The molecule has 0 aromatic heterocycles. The van der Waals surface area contributed by atoms with E-state index in [-0.39, 0.29) is 6.79 Å². The van der Waals surface area contributed by atoms with E-state index in [1.807, 2.05) is 12.1 Å². The molecule has 0 bridgehead atoms. The lowest BCUT2D eigenvalue weighted by Crippen LogP contribution is -2.41. The Kier molecular flexibility index (Phi) is 6.22. The Morgan fingerprint density at radius 3 is 1.97 bits per heavy atom. The number of esters is 2. The van der Waals surface area contributed by atoms with Crippen LogP contribution in [-0.4, -0.2) is 54.3 Å². The summed E-state index contributed by atoms with van der Waals surface area (Å²) in [6.07, 6.45) is 0.291. The van der Waals surface area contributed by atoms with Gasteiger partial charge in [0.05, 0.1) is 47.4 Å². The third-order valence-electron chi connectivity index (χ3n) is 6.23.